The SMILES string of the molecule is CCc1cc(C(=O)N(C)c2ccccc2)sc1C. The maximum Gasteiger partial charge on any atom is 0.268 e. The Bertz CT molecular complexity index is 545. The van der Waals surface area contributed by atoms with Crippen molar-refractivity contribution in [3.8, 4) is 0 Å². The van der Waals surface area contributed by atoms with Gasteiger partial charge in [0.25, 0.3) is 5.91 Å². The lowest BCUT2D eigenvalue weighted by Crippen LogP contribution is -2.25. The van der Waals surface area contributed by atoms with E-state index in [9.17, 15) is 4.79 Å². The first-order valence-corrected chi connectivity index (χ1v) is 6.87. The van der Waals surface area contributed by atoms with Gasteiger partial charge in [0.15, 0.2) is 0 Å². The van der Waals surface area contributed by atoms with E-state index in [1.165, 1.54) is 10.4 Å². The molecule has 0 radical (unpaired) electrons. The fourth-order valence-corrected chi connectivity index (χ4v) is 3.00. The molecule has 0 spiro atoms. The van der Waals surface area contributed by atoms with Crippen molar-refractivity contribution < 1.29 is 4.79 Å². The summed E-state index contributed by atoms with van der Waals surface area (Å²) < 4.78 is 0. The van der Waals surface area contributed by atoms with Crippen molar-refractivity contribution in [1.82, 2.24) is 0 Å². The van der Waals surface area contributed by atoms with Crippen molar-refractivity contribution in [2.45, 2.75) is 20.3 Å². The molecule has 0 aliphatic heterocycles. The lowest BCUT2D eigenvalue weighted by atomic mass is 10.2. The van der Waals surface area contributed by atoms with Crippen LogP contribution in [0.4, 0.5) is 5.69 Å². The number of amides is 1. The Labute approximate surface area is 112 Å². The second kappa shape index (κ2) is 5.36. The van der Waals surface area contributed by atoms with Crippen molar-refractivity contribution in [3.05, 3.63) is 51.7 Å². The molecule has 0 aliphatic carbocycles. The highest BCUT2D eigenvalue weighted by Gasteiger charge is 2.16. The molecule has 1 aromatic carbocycles. The number of aryl methyl sites for hydroxylation is 2. The number of carbonyl (C=O) groups is 1. The van der Waals surface area contributed by atoms with Crippen LogP contribution in [0.5, 0.6) is 0 Å². The summed E-state index contributed by atoms with van der Waals surface area (Å²) in [4.78, 5) is 16.1. The molecule has 0 atom stereocenters. The zero-order chi connectivity index (χ0) is 13.1. The zero-order valence-corrected chi connectivity index (χ0v) is 11.8. The minimum atomic E-state index is 0.0639. The molecule has 2 aromatic rings. The van der Waals surface area contributed by atoms with Crippen molar-refractivity contribution in [3.63, 3.8) is 0 Å². The Morgan fingerprint density at radius 2 is 1.94 bits per heavy atom. The quantitative estimate of drug-likeness (QED) is 0.818. The maximum absolute atomic E-state index is 12.4. The van der Waals surface area contributed by atoms with Crippen LogP contribution in [-0.2, 0) is 6.42 Å². The summed E-state index contributed by atoms with van der Waals surface area (Å²) in [6, 6.07) is 11.7. The van der Waals surface area contributed by atoms with Crippen LogP contribution in [0.25, 0.3) is 0 Å². The molecule has 0 unspecified atom stereocenters. The monoisotopic (exact) mass is 259 g/mol. The molecule has 0 fully saturated rings. The van der Waals surface area contributed by atoms with Crippen LogP contribution >= 0.6 is 11.3 Å². The van der Waals surface area contributed by atoms with Crippen LogP contribution < -0.4 is 4.90 Å². The van der Waals surface area contributed by atoms with Gasteiger partial charge in [0, 0.05) is 17.6 Å². The normalized spacial score (nSPS) is 10.4. The number of carbonyl (C=O) groups excluding carboxylic acids is 1. The van der Waals surface area contributed by atoms with Gasteiger partial charge in [-0.15, -0.1) is 11.3 Å². The summed E-state index contributed by atoms with van der Waals surface area (Å²) in [6.07, 6.45) is 0.977. The number of hydrogen-bond acceptors (Lipinski definition) is 2. The van der Waals surface area contributed by atoms with Crippen LogP contribution in [0, 0.1) is 6.92 Å². The first-order valence-electron chi connectivity index (χ1n) is 6.06. The number of anilines is 1. The van der Waals surface area contributed by atoms with Crippen molar-refractivity contribution in [2.75, 3.05) is 11.9 Å². The second-order valence-corrected chi connectivity index (χ2v) is 5.50. The average molecular weight is 259 g/mol. The van der Waals surface area contributed by atoms with Crippen LogP contribution in [0.1, 0.15) is 27.0 Å². The van der Waals surface area contributed by atoms with E-state index in [0.717, 1.165) is 17.0 Å². The smallest absolute Gasteiger partial charge is 0.268 e. The first kappa shape index (κ1) is 12.8. The minimum Gasteiger partial charge on any atom is -0.311 e. The summed E-state index contributed by atoms with van der Waals surface area (Å²) in [6.45, 7) is 4.19. The van der Waals surface area contributed by atoms with Gasteiger partial charge < -0.3 is 4.90 Å². The van der Waals surface area contributed by atoms with Crippen LogP contribution in [0.3, 0.4) is 0 Å². The molecule has 0 bridgehead atoms. The fraction of sp³-hybridized carbons (Fsp3) is 0.267. The van der Waals surface area contributed by atoms with Gasteiger partial charge in [0.1, 0.15) is 0 Å². The van der Waals surface area contributed by atoms with Gasteiger partial charge in [-0.1, -0.05) is 25.1 Å². The average Bonchev–Trinajstić information content (AvgIpc) is 2.79. The highest BCUT2D eigenvalue weighted by Crippen LogP contribution is 2.24. The number of thiophene rings is 1. The molecular weight excluding hydrogens is 242 g/mol. The standard InChI is InChI=1S/C15H17NOS/c1-4-12-10-14(18-11(12)2)15(17)16(3)13-8-6-5-7-9-13/h5-10H,4H2,1-3H3. The summed E-state index contributed by atoms with van der Waals surface area (Å²) in [7, 11) is 1.82. The van der Waals surface area contributed by atoms with E-state index >= 15 is 0 Å². The van der Waals surface area contributed by atoms with Gasteiger partial charge in [-0.2, -0.15) is 0 Å². The largest absolute Gasteiger partial charge is 0.311 e. The summed E-state index contributed by atoms with van der Waals surface area (Å²) >= 11 is 1.58. The maximum atomic E-state index is 12.4. The number of rotatable bonds is 3. The second-order valence-electron chi connectivity index (χ2n) is 4.25. The van der Waals surface area contributed by atoms with E-state index in [0.29, 0.717) is 0 Å². The lowest BCUT2D eigenvalue weighted by Gasteiger charge is -2.15. The molecule has 0 saturated heterocycles. The Kier molecular flexibility index (Phi) is 3.82. The molecule has 1 amide bonds. The van der Waals surface area contributed by atoms with Gasteiger partial charge in [0.2, 0.25) is 0 Å². The molecule has 2 nitrogen and oxygen atoms in total. The molecule has 0 N–H and O–H groups in total. The summed E-state index contributed by atoms with van der Waals surface area (Å²) in [5.74, 6) is 0.0639. The van der Waals surface area contributed by atoms with Crippen LogP contribution in [-0.4, -0.2) is 13.0 Å². The molecule has 2 rings (SSSR count). The summed E-state index contributed by atoms with van der Waals surface area (Å²) in [5, 5.41) is 0. The van der Waals surface area contributed by atoms with Gasteiger partial charge in [-0.05, 0) is 37.1 Å². The van der Waals surface area contributed by atoms with Crippen LogP contribution in [0.15, 0.2) is 36.4 Å². The molecule has 3 heteroatoms. The summed E-state index contributed by atoms with van der Waals surface area (Å²) in [5.41, 5.74) is 2.19. The number of nitrogens with zero attached hydrogens (tertiary/aromatic N) is 1. The lowest BCUT2D eigenvalue weighted by molar-refractivity contribution is 0.0997. The zero-order valence-electron chi connectivity index (χ0n) is 10.9. The third-order valence-corrected chi connectivity index (χ3v) is 4.14. The van der Waals surface area contributed by atoms with Gasteiger partial charge in [-0.3, -0.25) is 4.79 Å². The Hall–Kier alpha value is -1.61. The first-order chi connectivity index (χ1) is 8.63. The van der Waals surface area contributed by atoms with Crippen LogP contribution in [0.2, 0.25) is 0 Å². The molecule has 0 saturated carbocycles. The number of para-hydroxylation sites is 1. The third kappa shape index (κ3) is 2.46. The molecule has 1 aromatic heterocycles. The predicted octanol–water partition coefficient (Wildman–Crippen LogP) is 3.90. The van der Waals surface area contributed by atoms with E-state index in [1.807, 2.05) is 43.4 Å². The molecule has 0 aliphatic rings. The van der Waals surface area contributed by atoms with Crippen molar-refractivity contribution in [1.29, 1.82) is 0 Å². The number of hydrogen-bond donors (Lipinski definition) is 0. The highest BCUT2D eigenvalue weighted by atomic mass is 32.1. The molecule has 18 heavy (non-hydrogen) atoms. The molecule has 1 heterocycles. The topological polar surface area (TPSA) is 20.3 Å². The third-order valence-electron chi connectivity index (χ3n) is 3.06. The minimum absolute atomic E-state index is 0.0639. The molecular formula is C15H17NOS. The van der Waals surface area contributed by atoms with E-state index in [1.54, 1.807) is 16.2 Å². The van der Waals surface area contributed by atoms with E-state index in [4.69, 9.17) is 0 Å². The van der Waals surface area contributed by atoms with Crippen molar-refractivity contribution >= 4 is 22.9 Å². The van der Waals surface area contributed by atoms with Crippen molar-refractivity contribution in [2.24, 2.45) is 0 Å². The Morgan fingerprint density at radius 1 is 1.28 bits per heavy atom. The van der Waals surface area contributed by atoms with E-state index in [-0.39, 0.29) is 5.91 Å². The number of benzene rings is 1. The van der Waals surface area contributed by atoms with Gasteiger partial charge in [0.05, 0.1) is 4.88 Å². The highest BCUT2D eigenvalue weighted by molar-refractivity contribution is 7.14. The van der Waals surface area contributed by atoms with E-state index < -0.39 is 0 Å². The predicted molar refractivity (Wildman–Crippen MR) is 77.6 cm³/mol. The van der Waals surface area contributed by atoms with Gasteiger partial charge >= 0.3 is 0 Å². The van der Waals surface area contributed by atoms with Gasteiger partial charge in [-0.25, -0.2) is 0 Å². The Morgan fingerprint density at radius 3 is 2.50 bits per heavy atom. The Balaban J connectivity index is 2.26. The van der Waals surface area contributed by atoms with E-state index in [2.05, 4.69) is 13.8 Å². The fourth-order valence-electron chi connectivity index (χ4n) is 1.91. The molecule has 94 valence electrons.